The van der Waals surface area contributed by atoms with E-state index in [0.717, 1.165) is 13.1 Å². The molecular weight excluding hydrogens is 206 g/mol. The number of hydrogen-bond donors (Lipinski definition) is 1. The third-order valence-corrected chi connectivity index (χ3v) is 2.92. The van der Waals surface area contributed by atoms with Crippen LogP contribution in [0.3, 0.4) is 0 Å². The zero-order chi connectivity index (χ0) is 12.8. The van der Waals surface area contributed by atoms with Gasteiger partial charge in [-0.05, 0) is 40.7 Å². The summed E-state index contributed by atoms with van der Waals surface area (Å²) < 4.78 is 5.04. The lowest BCUT2D eigenvalue weighted by atomic mass is 9.89. The topological polar surface area (TPSA) is 49.8 Å². The summed E-state index contributed by atoms with van der Waals surface area (Å²) in [7, 11) is 1.68. The van der Waals surface area contributed by atoms with Crippen LogP contribution in [0.5, 0.6) is 0 Å². The van der Waals surface area contributed by atoms with E-state index in [1.807, 2.05) is 0 Å². The number of carbonyl (C=O) groups is 1. The van der Waals surface area contributed by atoms with Gasteiger partial charge in [0.15, 0.2) is 0 Å². The maximum atomic E-state index is 11.0. The molecule has 0 radical (unpaired) electrons. The lowest BCUT2D eigenvalue weighted by Gasteiger charge is -2.29. The van der Waals surface area contributed by atoms with Gasteiger partial charge in [0.05, 0.1) is 12.0 Å². The van der Waals surface area contributed by atoms with Crippen molar-refractivity contribution in [2.45, 2.75) is 40.2 Å². The summed E-state index contributed by atoms with van der Waals surface area (Å²) in [6.07, 6.45) is 0.657. The molecule has 96 valence electrons. The fourth-order valence-electron chi connectivity index (χ4n) is 1.37. The second-order valence-electron chi connectivity index (χ2n) is 5.06. The Balaban J connectivity index is 4.16. The van der Waals surface area contributed by atoms with Crippen LogP contribution in [-0.4, -0.2) is 48.8 Å². The summed E-state index contributed by atoms with van der Waals surface area (Å²) >= 11 is 0. The molecule has 0 fully saturated rings. The summed E-state index contributed by atoms with van der Waals surface area (Å²) in [6, 6.07) is 0.416. The molecule has 0 aliphatic carbocycles. The standard InChI is InChI=1S/C12H25NO3/c1-10(2)13(8-9-16-5)7-6-12(3,4)11(14)15/h10H,6-9H2,1-5H3,(H,14,15). The number of hydrogen-bond acceptors (Lipinski definition) is 3. The highest BCUT2D eigenvalue weighted by Gasteiger charge is 2.27. The van der Waals surface area contributed by atoms with Gasteiger partial charge in [0.2, 0.25) is 0 Å². The molecule has 0 aromatic carbocycles. The SMILES string of the molecule is COCCN(CCC(C)(C)C(=O)O)C(C)C. The number of carboxylic acid groups (broad SMARTS) is 1. The van der Waals surface area contributed by atoms with Crippen LogP contribution in [0.2, 0.25) is 0 Å². The molecule has 0 aromatic rings. The normalized spacial score (nSPS) is 12.4. The fourth-order valence-corrected chi connectivity index (χ4v) is 1.37. The molecule has 0 unspecified atom stereocenters. The van der Waals surface area contributed by atoms with E-state index in [2.05, 4.69) is 18.7 Å². The summed E-state index contributed by atoms with van der Waals surface area (Å²) in [5.74, 6) is -0.733. The molecule has 0 bridgehead atoms. The van der Waals surface area contributed by atoms with E-state index in [0.29, 0.717) is 19.1 Å². The molecule has 0 saturated carbocycles. The van der Waals surface area contributed by atoms with Crippen LogP contribution in [0.1, 0.15) is 34.1 Å². The average molecular weight is 231 g/mol. The Kier molecular flexibility index (Phi) is 6.60. The highest BCUT2D eigenvalue weighted by atomic mass is 16.5. The summed E-state index contributed by atoms with van der Waals surface area (Å²) in [4.78, 5) is 13.2. The monoisotopic (exact) mass is 231 g/mol. The zero-order valence-corrected chi connectivity index (χ0v) is 11.1. The minimum absolute atomic E-state index is 0.416. The Hall–Kier alpha value is -0.610. The van der Waals surface area contributed by atoms with Crippen molar-refractivity contribution in [1.82, 2.24) is 4.90 Å². The Morgan fingerprint density at radius 1 is 1.38 bits per heavy atom. The van der Waals surface area contributed by atoms with E-state index in [1.54, 1.807) is 21.0 Å². The number of methoxy groups -OCH3 is 1. The van der Waals surface area contributed by atoms with Gasteiger partial charge >= 0.3 is 5.97 Å². The molecule has 0 spiro atoms. The van der Waals surface area contributed by atoms with Crippen LogP contribution in [-0.2, 0) is 9.53 Å². The molecule has 0 aromatic heterocycles. The molecule has 16 heavy (non-hydrogen) atoms. The molecular formula is C12H25NO3. The number of ether oxygens (including phenoxy) is 1. The Labute approximate surface area is 98.6 Å². The number of nitrogens with zero attached hydrogens (tertiary/aromatic N) is 1. The van der Waals surface area contributed by atoms with Gasteiger partial charge in [-0.1, -0.05) is 0 Å². The van der Waals surface area contributed by atoms with Gasteiger partial charge in [0.25, 0.3) is 0 Å². The third-order valence-electron chi connectivity index (χ3n) is 2.92. The first-order valence-electron chi connectivity index (χ1n) is 5.77. The van der Waals surface area contributed by atoms with Crippen LogP contribution in [0.15, 0.2) is 0 Å². The summed E-state index contributed by atoms with van der Waals surface area (Å²) in [5.41, 5.74) is -0.653. The Bertz CT molecular complexity index is 214. The molecule has 0 heterocycles. The van der Waals surface area contributed by atoms with E-state index >= 15 is 0 Å². The first-order valence-corrected chi connectivity index (χ1v) is 5.77. The van der Waals surface area contributed by atoms with E-state index in [1.165, 1.54) is 0 Å². The van der Waals surface area contributed by atoms with E-state index in [4.69, 9.17) is 9.84 Å². The van der Waals surface area contributed by atoms with Crippen LogP contribution < -0.4 is 0 Å². The van der Waals surface area contributed by atoms with Crippen LogP contribution in [0.25, 0.3) is 0 Å². The van der Waals surface area contributed by atoms with Gasteiger partial charge in [-0.15, -0.1) is 0 Å². The smallest absolute Gasteiger partial charge is 0.309 e. The lowest BCUT2D eigenvalue weighted by molar-refractivity contribution is -0.147. The molecule has 4 heteroatoms. The minimum Gasteiger partial charge on any atom is -0.481 e. The molecule has 0 aliphatic rings. The van der Waals surface area contributed by atoms with E-state index in [9.17, 15) is 4.79 Å². The minimum atomic E-state index is -0.733. The van der Waals surface area contributed by atoms with Gasteiger partial charge in [0.1, 0.15) is 0 Å². The molecule has 0 atom stereocenters. The van der Waals surface area contributed by atoms with Crippen molar-refractivity contribution in [2.24, 2.45) is 5.41 Å². The van der Waals surface area contributed by atoms with E-state index in [-0.39, 0.29) is 0 Å². The zero-order valence-electron chi connectivity index (χ0n) is 11.1. The van der Waals surface area contributed by atoms with Crippen molar-refractivity contribution < 1.29 is 14.6 Å². The van der Waals surface area contributed by atoms with Crippen molar-refractivity contribution in [3.8, 4) is 0 Å². The molecule has 0 aliphatic heterocycles. The third kappa shape index (κ3) is 5.47. The molecule has 4 nitrogen and oxygen atoms in total. The van der Waals surface area contributed by atoms with Gasteiger partial charge in [-0.3, -0.25) is 9.69 Å². The lowest BCUT2D eigenvalue weighted by Crippen LogP contribution is -2.38. The van der Waals surface area contributed by atoms with Gasteiger partial charge in [0, 0.05) is 19.7 Å². The predicted molar refractivity (Wildman–Crippen MR) is 64.6 cm³/mol. The highest BCUT2D eigenvalue weighted by molar-refractivity contribution is 5.73. The number of aliphatic carboxylic acids is 1. The predicted octanol–water partition coefficient (Wildman–Crippen LogP) is 1.84. The summed E-state index contributed by atoms with van der Waals surface area (Å²) in [6.45, 7) is 10.1. The Morgan fingerprint density at radius 3 is 2.31 bits per heavy atom. The van der Waals surface area contributed by atoms with Crippen molar-refractivity contribution in [3.63, 3.8) is 0 Å². The summed E-state index contributed by atoms with van der Waals surface area (Å²) in [5, 5.41) is 9.03. The van der Waals surface area contributed by atoms with Crippen LogP contribution in [0, 0.1) is 5.41 Å². The number of rotatable bonds is 8. The average Bonchev–Trinajstić information content (AvgIpc) is 2.16. The molecule has 0 amide bonds. The first kappa shape index (κ1) is 15.4. The quantitative estimate of drug-likeness (QED) is 0.692. The van der Waals surface area contributed by atoms with Gasteiger partial charge in [-0.2, -0.15) is 0 Å². The van der Waals surface area contributed by atoms with Gasteiger partial charge < -0.3 is 9.84 Å². The fraction of sp³-hybridized carbons (Fsp3) is 0.917. The highest BCUT2D eigenvalue weighted by Crippen LogP contribution is 2.21. The van der Waals surface area contributed by atoms with Crippen LogP contribution >= 0.6 is 0 Å². The molecule has 1 N–H and O–H groups in total. The van der Waals surface area contributed by atoms with Crippen LogP contribution in [0.4, 0.5) is 0 Å². The molecule has 0 rings (SSSR count). The molecule has 0 saturated heterocycles. The second kappa shape index (κ2) is 6.86. The van der Waals surface area contributed by atoms with Crippen molar-refractivity contribution in [2.75, 3.05) is 26.8 Å². The van der Waals surface area contributed by atoms with Crippen molar-refractivity contribution in [3.05, 3.63) is 0 Å². The van der Waals surface area contributed by atoms with Gasteiger partial charge in [-0.25, -0.2) is 0 Å². The number of carboxylic acids is 1. The van der Waals surface area contributed by atoms with E-state index < -0.39 is 11.4 Å². The largest absolute Gasteiger partial charge is 0.481 e. The maximum Gasteiger partial charge on any atom is 0.309 e. The maximum absolute atomic E-state index is 11.0. The second-order valence-corrected chi connectivity index (χ2v) is 5.06. The van der Waals surface area contributed by atoms with Crippen molar-refractivity contribution in [1.29, 1.82) is 0 Å². The first-order chi connectivity index (χ1) is 7.31. The Morgan fingerprint density at radius 2 is 1.94 bits per heavy atom. The van der Waals surface area contributed by atoms with Crippen molar-refractivity contribution >= 4 is 5.97 Å².